The Kier molecular flexibility index (Phi) is 62.9. The normalized spacial score (nSPS) is 13.3. The van der Waals surface area contributed by atoms with Gasteiger partial charge in [-0.15, -0.1) is 0 Å². The number of rotatable bonds is 57. The monoisotopic (exact) mass is 1110 g/mol. The van der Waals surface area contributed by atoms with Crippen molar-refractivity contribution in [2.75, 3.05) is 13.2 Å². The molecule has 0 saturated carbocycles. The van der Waals surface area contributed by atoms with Gasteiger partial charge in [0.2, 0.25) is 0 Å². The van der Waals surface area contributed by atoms with Crippen LogP contribution in [0.1, 0.15) is 265 Å². The lowest BCUT2D eigenvalue weighted by Crippen LogP contribution is -2.30. The minimum Gasteiger partial charge on any atom is -0.462 e. The van der Waals surface area contributed by atoms with E-state index in [1.807, 2.05) is 0 Å². The summed E-state index contributed by atoms with van der Waals surface area (Å²) in [6.07, 6.45) is 99.2. The summed E-state index contributed by atoms with van der Waals surface area (Å²) >= 11 is 0. The number of allylic oxidation sites excluding steroid dienone is 28. The molecule has 6 nitrogen and oxygen atoms in total. The van der Waals surface area contributed by atoms with E-state index >= 15 is 0 Å². The van der Waals surface area contributed by atoms with Gasteiger partial charge >= 0.3 is 17.9 Å². The van der Waals surface area contributed by atoms with Crippen LogP contribution in [0.15, 0.2) is 170 Å². The third kappa shape index (κ3) is 65.5. The summed E-state index contributed by atoms with van der Waals surface area (Å²) in [6.45, 7) is 6.35. The SMILES string of the molecule is CC/C=C\C/C=C\C/C=C\C/C=C\C/C=C\C/C=C\C/C=C\CCCCCCCC(=O)OCC(COC(=O)CCCCCCC/C=C\CCCCCC)OC(=O)CCCCCC/C=C\C/C=C\C/C=C\C/C=C\C/C=C\C/C=C\CC. The zero-order chi connectivity index (χ0) is 58.5. The third-order valence-corrected chi connectivity index (χ3v) is 13.2. The second-order valence-corrected chi connectivity index (χ2v) is 20.9. The number of esters is 3. The van der Waals surface area contributed by atoms with Crippen LogP contribution in [0.25, 0.3) is 0 Å². The van der Waals surface area contributed by atoms with Crippen LogP contribution in [0.2, 0.25) is 0 Å². The summed E-state index contributed by atoms with van der Waals surface area (Å²) in [7, 11) is 0. The van der Waals surface area contributed by atoms with E-state index in [1.54, 1.807) is 0 Å². The molecule has 0 fully saturated rings. The molecule has 0 saturated heterocycles. The van der Waals surface area contributed by atoms with Gasteiger partial charge in [0, 0.05) is 19.3 Å². The van der Waals surface area contributed by atoms with E-state index in [1.165, 1.54) is 38.5 Å². The van der Waals surface area contributed by atoms with Crippen LogP contribution in [0, 0.1) is 0 Å². The highest BCUT2D eigenvalue weighted by molar-refractivity contribution is 5.71. The molecule has 0 amide bonds. The van der Waals surface area contributed by atoms with Crippen molar-refractivity contribution in [1.29, 1.82) is 0 Å². The predicted octanol–water partition coefficient (Wildman–Crippen LogP) is 22.7. The molecule has 0 spiro atoms. The van der Waals surface area contributed by atoms with Crippen LogP contribution < -0.4 is 0 Å². The van der Waals surface area contributed by atoms with Gasteiger partial charge in [-0.1, -0.05) is 262 Å². The van der Waals surface area contributed by atoms with Gasteiger partial charge in [-0.05, 0) is 154 Å². The van der Waals surface area contributed by atoms with Crippen molar-refractivity contribution in [2.45, 2.75) is 271 Å². The van der Waals surface area contributed by atoms with Crippen LogP contribution >= 0.6 is 0 Å². The van der Waals surface area contributed by atoms with Crippen molar-refractivity contribution in [3.05, 3.63) is 170 Å². The third-order valence-electron chi connectivity index (χ3n) is 13.2. The number of carbonyl (C=O) groups is 3. The van der Waals surface area contributed by atoms with E-state index < -0.39 is 6.10 Å². The average molecular weight is 1120 g/mol. The molecule has 1 atom stereocenters. The molecule has 0 bridgehead atoms. The molecule has 6 heteroatoms. The first-order chi connectivity index (χ1) is 40.0. The number of unbranched alkanes of at least 4 members (excludes halogenated alkanes) is 18. The molecule has 81 heavy (non-hydrogen) atoms. The molecular weight excluding hydrogens is 997 g/mol. The first-order valence-corrected chi connectivity index (χ1v) is 32.6. The molecule has 0 aliphatic heterocycles. The molecule has 0 aliphatic rings. The fourth-order valence-corrected chi connectivity index (χ4v) is 8.36. The fraction of sp³-hybridized carbons (Fsp3) is 0.587. The van der Waals surface area contributed by atoms with Crippen molar-refractivity contribution < 1.29 is 28.6 Å². The van der Waals surface area contributed by atoms with Gasteiger partial charge in [0.05, 0.1) is 0 Å². The zero-order valence-corrected chi connectivity index (χ0v) is 52.0. The van der Waals surface area contributed by atoms with Gasteiger partial charge in [0.1, 0.15) is 13.2 Å². The lowest BCUT2D eigenvalue weighted by atomic mass is 10.1. The van der Waals surface area contributed by atoms with E-state index in [9.17, 15) is 14.4 Å². The molecule has 1 unspecified atom stereocenters. The Balaban J connectivity index is 4.47. The van der Waals surface area contributed by atoms with E-state index in [0.29, 0.717) is 12.8 Å². The number of carbonyl (C=O) groups excluding carboxylic acids is 3. The first-order valence-electron chi connectivity index (χ1n) is 32.6. The van der Waals surface area contributed by atoms with Crippen molar-refractivity contribution >= 4 is 17.9 Å². The topological polar surface area (TPSA) is 78.9 Å². The van der Waals surface area contributed by atoms with E-state index in [4.69, 9.17) is 14.2 Å². The minimum absolute atomic E-state index is 0.107. The predicted molar refractivity (Wildman–Crippen MR) is 352 cm³/mol. The Morgan fingerprint density at radius 1 is 0.259 bits per heavy atom. The molecule has 0 aromatic heterocycles. The van der Waals surface area contributed by atoms with Gasteiger partial charge < -0.3 is 14.2 Å². The van der Waals surface area contributed by atoms with Gasteiger partial charge in [0.25, 0.3) is 0 Å². The fourth-order valence-electron chi connectivity index (χ4n) is 8.36. The Bertz CT molecular complexity index is 1860. The van der Waals surface area contributed by atoms with Crippen molar-refractivity contribution in [1.82, 2.24) is 0 Å². The van der Waals surface area contributed by atoms with Gasteiger partial charge in [-0.2, -0.15) is 0 Å². The molecule has 454 valence electrons. The minimum atomic E-state index is -0.814. The van der Waals surface area contributed by atoms with E-state index in [0.717, 1.165) is 186 Å². The quantitative estimate of drug-likeness (QED) is 0.0261. The van der Waals surface area contributed by atoms with Crippen molar-refractivity contribution in [2.24, 2.45) is 0 Å². The standard InChI is InChI=1S/C75H118O6/c1-4-7-10-13-16-19-22-25-27-29-31-33-35-36-37-38-40-41-43-45-47-50-53-56-59-62-65-68-74(77)80-71-72(70-79-73(76)67-64-61-58-55-52-49-24-21-18-15-12-9-6-3)81-75(78)69-66-63-60-57-54-51-48-46-44-42-39-34-32-30-28-26-23-20-17-14-11-8-5-2/h7-8,10-11,16-17,19-21,24-28,31-34,36-37,40-42,44-45,47-48,51,72H,4-6,9,12-15,18,22-23,29-30,35,38-39,43,46,49-50,52-71H2,1-3H3/b10-7-,11-8-,19-16-,20-17-,24-21-,27-25-,28-26-,33-31-,34-32-,37-36-,41-40-,44-42-,47-45-,51-48-. The Morgan fingerprint density at radius 3 is 0.765 bits per heavy atom. The van der Waals surface area contributed by atoms with Crippen LogP contribution in [-0.4, -0.2) is 37.2 Å². The Hall–Kier alpha value is -5.23. The van der Waals surface area contributed by atoms with E-state index in [2.05, 4.69) is 191 Å². The number of hydrogen-bond acceptors (Lipinski definition) is 6. The summed E-state index contributed by atoms with van der Waals surface area (Å²) in [5, 5.41) is 0. The average Bonchev–Trinajstić information content (AvgIpc) is 3.46. The highest BCUT2D eigenvalue weighted by Gasteiger charge is 2.19. The number of ether oxygens (including phenoxy) is 3. The maximum absolute atomic E-state index is 12.9. The molecule has 0 aromatic rings. The lowest BCUT2D eigenvalue weighted by Gasteiger charge is -2.18. The molecule has 0 N–H and O–H groups in total. The molecule has 0 heterocycles. The highest BCUT2D eigenvalue weighted by Crippen LogP contribution is 2.13. The van der Waals surface area contributed by atoms with Gasteiger partial charge in [-0.25, -0.2) is 0 Å². The van der Waals surface area contributed by atoms with Crippen molar-refractivity contribution in [3.63, 3.8) is 0 Å². The molecule has 0 aliphatic carbocycles. The van der Waals surface area contributed by atoms with Crippen LogP contribution in [0.5, 0.6) is 0 Å². The summed E-state index contributed by atoms with van der Waals surface area (Å²) in [6, 6.07) is 0. The summed E-state index contributed by atoms with van der Waals surface area (Å²) < 4.78 is 16.9. The second-order valence-electron chi connectivity index (χ2n) is 20.9. The maximum atomic E-state index is 12.9. The molecule has 0 rings (SSSR count). The largest absolute Gasteiger partial charge is 0.462 e. The van der Waals surface area contributed by atoms with Crippen molar-refractivity contribution in [3.8, 4) is 0 Å². The van der Waals surface area contributed by atoms with E-state index in [-0.39, 0.29) is 37.5 Å². The highest BCUT2D eigenvalue weighted by atomic mass is 16.6. The first kappa shape index (κ1) is 75.8. The summed E-state index contributed by atoms with van der Waals surface area (Å²) in [5.41, 5.74) is 0. The second kappa shape index (κ2) is 67.3. The molecule has 0 radical (unpaired) electrons. The lowest BCUT2D eigenvalue weighted by molar-refractivity contribution is -0.167. The van der Waals surface area contributed by atoms with Gasteiger partial charge in [-0.3, -0.25) is 14.4 Å². The Morgan fingerprint density at radius 2 is 0.481 bits per heavy atom. The van der Waals surface area contributed by atoms with Crippen LogP contribution in [0.4, 0.5) is 0 Å². The summed E-state index contributed by atoms with van der Waals surface area (Å²) in [4.78, 5) is 38.3. The zero-order valence-electron chi connectivity index (χ0n) is 52.0. The van der Waals surface area contributed by atoms with Crippen LogP contribution in [-0.2, 0) is 28.6 Å². The van der Waals surface area contributed by atoms with Gasteiger partial charge in [0.15, 0.2) is 6.10 Å². The number of hydrogen-bond donors (Lipinski definition) is 0. The molecular formula is C75H118O6. The maximum Gasteiger partial charge on any atom is 0.306 e. The van der Waals surface area contributed by atoms with Crippen LogP contribution in [0.3, 0.4) is 0 Å². The molecule has 0 aromatic carbocycles. The smallest absolute Gasteiger partial charge is 0.306 e. The Labute approximate surface area is 498 Å². The summed E-state index contributed by atoms with van der Waals surface area (Å²) in [5.74, 6) is -0.964.